The Balaban J connectivity index is 2.08. The van der Waals surface area contributed by atoms with E-state index in [4.69, 9.17) is 0 Å². The molecule has 6 aromatic rings. The Bertz CT molecular complexity index is 1370. The molecule has 1 nitrogen and oxygen atoms in total. The van der Waals surface area contributed by atoms with Gasteiger partial charge in [0.25, 0.3) is 0 Å². The van der Waals surface area contributed by atoms with Gasteiger partial charge in [-0.25, -0.2) is 0 Å². The van der Waals surface area contributed by atoms with Gasteiger partial charge in [0, 0.05) is 21.7 Å². The number of H-pyrrole nitrogens is 1. The van der Waals surface area contributed by atoms with E-state index in [1.807, 2.05) is 0 Å². The highest BCUT2D eigenvalue weighted by Crippen LogP contribution is 2.41. The lowest BCUT2D eigenvalue weighted by molar-refractivity contribution is 1.59. The number of aromatic nitrogens is 1. The van der Waals surface area contributed by atoms with Crippen molar-refractivity contribution in [2.75, 3.05) is 0 Å². The molecular formula is C22H13NS. The largest absolute Gasteiger partial charge is 0.346 e. The van der Waals surface area contributed by atoms with Crippen LogP contribution >= 0.6 is 11.3 Å². The third kappa shape index (κ3) is 1.44. The Kier molecular flexibility index (Phi) is 2.29. The maximum Gasteiger partial charge on any atom is 0.101 e. The van der Waals surface area contributed by atoms with Gasteiger partial charge in [-0.1, -0.05) is 54.6 Å². The molecule has 2 heterocycles. The molecule has 0 amide bonds. The molecule has 0 saturated carbocycles. The van der Waals surface area contributed by atoms with Crippen LogP contribution in [0.4, 0.5) is 0 Å². The van der Waals surface area contributed by atoms with Crippen LogP contribution < -0.4 is 0 Å². The Morgan fingerprint density at radius 3 is 1.92 bits per heavy atom. The number of aromatic amines is 1. The monoisotopic (exact) mass is 323 g/mol. The van der Waals surface area contributed by atoms with Crippen molar-refractivity contribution in [3.63, 3.8) is 0 Å². The van der Waals surface area contributed by atoms with Gasteiger partial charge < -0.3 is 4.98 Å². The summed E-state index contributed by atoms with van der Waals surface area (Å²) in [6.45, 7) is 0. The molecule has 112 valence electrons. The normalized spacial score (nSPS) is 12.2. The third-order valence-electron chi connectivity index (χ3n) is 5.09. The van der Waals surface area contributed by atoms with Crippen LogP contribution in [-0.4, -0.2) is 4.98 Å². The van der Waals surface area contributed by atoms with Gasteiger partial charge in [-0.3, -0.25) is 0 Å². The zero-order valence-electron chi connectivity index (χ0n) is 12.8. The van der Waals surface area contributed by atoms with E-state index in [-0.39, 0.29) is 0 Å². The fourth-order valence-electron chi connectivity index (χ4n) is 4.10. The Hall–Kier alpha value is -2.84. The van der Waals surface area contributed by atoms with E-state index in [1.165, 1.54) is 53.4 Å². The number of nitrogens with one attached hydrogen (secondary N) is 1. The molecule has 2 aromatic heterocycles. The summed E-state index contributed by atoms with van der Waals surface area (Å²) in [6.07, 6.45) is 0. The van der Waals surface area contributed by atoms with E-state index in [1.54, 1.807) is 11.3 Å². The molecule has 0 radical (unpaired) electrons. The molecule has 1 N–H and O–H groups in total. The number of fused-ring (bicyclic) bond motifs is 10. The fourth-order valence-corrected chi connectivity index (χ4v) is 4.91. The van der Waals surface area contributed by atoms with Crippen LogP contribution in [0.3, 0.4) is 0 Å². The van der Waals surface area contributed by atoms with Gasteiger partial charge in [0.05, 0.1) is 0 Å². The van der Waals surface area contributed by atoms with E-state index in [2.05, 4.69) is 77.1 Å². The van der Waals surface area contributed by atoms with Crippen LogP contribution in [0.2, 0.25) is 0 Å². The summed E-state index contributed by atoms with van der Waals surface area (Å²) < 4.78 is 0. The van der Waals surface area contributed by atoms with Gasteiger partial charge in [-0.05, 0) is 44.4 Å². The minimum atomic E-state index is 1.23. The summed E-state index contributed by atoms with van der Waals surface area (Å²) in [5.41, 5.74) is 1.23. The predicted molar refractivity (Wildman–Crippen MR) is 106 cm³/mol. The molecular weight excluding hydrogens is 310 g/mol. The van der Waals surface area contributed by atoms with Gasteiger partial charge in [-0.2, -0.15) is 0 Å². The van der Waals surface area contributed by atoms with E-state index >= 15 is 0 Å². The highest BCUT2D eigenvalue weighted by Gasteiger charge is 2.14. The van der Waals surface area contributed by atoms with Crippen molar-refractivity contribution in [1.82, 2.24) is 4.98 Å². The lowest BCUT2D eigenvalue weighted by atomic mass is 9.92. The van der Waals surface area contributed by atoms with Crippen LogP contribution in [-0.2, 0) is 0 Å². The summed E-state index contributed by atoms with van der Waals surface area (Å²) in [5, 5.41) is 12.9. The molecule has 0 atom stereocenters. The Morgan fingerprint density at radius 2 is 1.17 bits per heavy atom. The van der Waals surface area contributed by atoms with E-state index in [9.17, 15) is 0 Å². The average Bonchev–Trinajstić information content (AvgIpc) is 3.22. The highest BCUT2D eigenvalue weighted by atomic mass is 32.1. The molecule has 0 bridgehead atoms. The summed E-state index contributed by atoms with van der Waals surface area (Å²) in [6, 6.07) is 24.3. The third-order valence-corrected chi connectivity index (χ3v) is 5.92. The van der Waals surface area contributed by atoms with Gasteiger partial charge >= 0.3 is 0 Å². The maximum atomic E-state index is 3.58. The summed E-state index contributed by atoms with van der Waals surface area (Å²) >= 11 is 1.78. The fraction of sp³-hybridized carbons (Fsp3) is 0. The molecule has 0 saturated heterocycles. The molecule has 0 fully saturated rings. The van der Waals surface area contributed by atoms with Crippen LogP contribution in [0, 0.1) is 0 Å². The molecule has 4 aromatic carbocycles. The maximum absolute atomic E-state index is 3.58. The summed E-state index contributed by atoms with van der Waals surface area (Å²) in [7, 11) is 0. The highest BCUT2D eigenvalue weighted by molar-refractivity contribution is 7.17. The standard InChI is InChI=1S/C22H13NS/c1-2-7-15-13(5-1)14-6-3-4-8-16(14)20-17(15)9-10-19-21(20)18-11-12-24-22(18)23-19/h1-12,23H. The second-order valence-corrected chi connectivity index (χ2v) is 7.21. The first-order valence-corrected chi connectivity index (χ1v) is 9.01. The van der Waals surface area contributed by atoms with Gasteiger partial charge in [0.2, 0.25) is 0 Å². The molecule has 0 aliphatic carbocycles. The molecule has 2 heteroatoms. The van der Waals surface area contributed by atoms with Gasteiger partial charge in [0.1, 0.15) is 4.83 Å². The first-order valence-electron chi connectivity index (χ1n) is 8.13. The second kappa shape index (κ2) is 4.37. The number of benzene rings is 4. The minimum absolute atomic E-state index is 1.23. The van der Waals surface area contributed by atoms with Crippen molar-refractivity contribution >= 4 is 64.8 Å². The van der Waals surface area contributed by atoms with Gasteiger partial charge in [0.15, 0.2) is 0 Å². The van der Waals surface area contributed by atoms with Crippen LogP contribution in [0.25, 0.3) is 53.4 Å². The molecule has 0 aliphatic heterocycles. The zero-order chi connectivity index (χ0) is 15.7. The Labute approximate surface area is 142 Å². The van der Waals surface area contributed by atoms with Gasteiger partial charge in [-0.15, -0.1) is 11.3 Å². The molecule has 0 unspecified atom stereocenters. The van der Waals surface area contributed by atoms with E-state index in [0.29, 0.717) is 0 Å². The summed E-state index contributed by atoms with van der Waals surface area (Å²) in [4.78, 5) is 4.84. The van der Waals surface area contributed by atoms with Crippen molar-refractivity contribution in [1.29, 1.82) is 0 Å². The average molecular weight is 323 g/mol. The molecule has 0 aliphatic rings. The van der Waals surface area contributed by atoms with Crippen molar-refractivity contribution < 1.29 is 0 Å². The zero-order valence-corrected chi connectivity index (χ0v) is 13.7. The van der Waals surface area contributed by atoms with Crippen molar-refractivity contribution in [3.05, 3.63) is 72.1 Å². The van der Waals surface area contributed by atoms with E-state index in [0.717, 1.165) is 0 Å². The van der Waals surface area contributed by atoms with E-state index < -0.39 is 0 Å². The van der Waals surface area contributed by atoms with Crippen molar-refractivity contribution in [2.45, 2.75) is 0 Å². The second-order valence-electron chi connectivity index (χ2n) is 6.29. The predicted octanol–water partition coefficient (Wildman–Crippen LogP) is 6.84. The smallest absolute Gasteiger partial charge is 0.101 e. The topological polar surface area (TPSA) is 15.8 Å². The number of hydrogen-bond acceptors (Lipinski definition) is 1. The SMILES string of the molecule is c1ccc2c(c1)c1ccccc1c1c2ccc2[nH]c3sccc3c21. The number of rotatable bonds is 0. The quantitative estimate of drug-likeness (QED) is 0.294. The minimum Gasteiger partial charge on any atom is -0.346 e. The number of thiophene rings is 1. The molecule has 24 heavy (non-hydrogen) atoms. The first kappa shape index (κ1) is 12.6. The van der Waals surface area contributed by atoms with Crippen LogP contribution in [0.5, 0.6) is 0 Å². The lowest BCUT2D eigenvalue weighted by Gasteiger charge is -2.11. The van der Waals surface area contributed by atoms with Crippen LogP contribution in [0.15, 0.2) is 72.1 Å². The van der Waals surface area contributed by atoms with Crippen molar-refractivity contribution in [3.8, 4) is 0 Å². The first-order chi connectivity index (χ1) is 11.9. The molecule has 0 spiro atoms. The summed E-state index contributed by atoms with van der Waals surface area (Å²) in [5.74, 6) is 0. The molecule has 6 rings (SSSR count). The van der Waals surface area contributed by atoms with Crippen LogP contribution in [0.1, 0.15) is 0 Å². The lowest BCUT2D eigenvalue weighted by Crippen LogP contribution is -1.83. The number of hydrogen-bond donors (Lipinski definition) is 1. The Morgan fingerprint density at radius 1 is 0.542 bits per heavy atom. The van der Waals surface area contributed by atoms with Crippen molar-refractivity contribution in [2.24, 2.45) is 0 Å².